The maximum atomic E-state index is 13.5. The molecule has 1 aromatic heterocycles. The van der Waals surface area contributed by atoms with E-state index in [1.54, 1.807) is 16.2 Å². The first-order valence-corrected chi connectivity index (χ1v) is 11.8. The molecule has 0 spiro atoms. The molecule has 2 amide bonds. The van der Waals surface area contributed by atoms with Gasteiger partial charge in [0.15, 0.2) is 0 Å². The number of hydrogen-bond donors (Lipinski definition) is 0. The van der Waals surface area contributed by atoms with Crippen LogP contribution in [0.3, 0.4) is 0 Å². The van der Waals surface area contributed by atoms with Gasteiger partial charge in [-0.15, -0.1) is 11.3 Å². The zero-order chi connectivity index (χ0) is 21.1. The van der Waals surface area contributed by atoms with Crippen molar-refractivity contribution < 1.29 is 14.3 Å². The van der Waals surface area contributed by atoms with Gasteiger partial charge in [-0.1, -0.05) is 31.2 Å². The van der Waals surface area contributed by atoms with Crippen molar-refractivity contribution in [3.63, 3.8) is 0 Å². The van der Waals surface area contributed by atoms with Crippen LogP contribution in [0.15, 0.2) is 35.7 Å². The Morgan fingerprint density at radius 1 is 1.23 bits per heavy atom. The van der Waals surface area contributed by atoms with E-state index >= 15 is 0 Å². The van der Waals surface area contributed by atoms with Crippen molar-refractivity contribution in [2.45, 2.75) is 51.7 Å². The van der Waals surface area contributed by atoms with E-state index in [0.717, 1.165) is 31.4 Å². The van der Waals surface area contributed by atoms with Crippen LogP contribution in [0.5, 0.6) is 0 Å². The number of fused-ring (bicyclic) bond motifs is 1. The summed E-state index contributed by atoms with van der Waals surface area (Å²) < 4.78 is 5.73. The zero-order valence-electron chi connectivity index (χ0n) is 17.8. The highest BCUT2D eigenvalue weighted by Crippen LogP contribution is 2.39. The van der Waals surface area contributed by atoms with Crippen LogP contribution in [0.1, 0.15) is 53.8 Å². The number of carbonyl (C=O) groups is 2. The number of amides is 2. The van der Waals surface area contributed by atoms with Crippen molar-refractivity contribution in [1.29, 1.82) is 0 Å². The van der Waals surface area contributed by atoms with E-state index in [4.69, 9.17) is 4.74 Å². The maximum Gasteiger partial charge on any atom is 0.242 e. The van der Waals surface area contributed by atoms with Gasteiger partial charge in [-0.2, -0.15) is 0 Å². The van der Waals surface area contributed by atoms with Crippen LogP contribution >= 0.6 is 11.3 Å². The summed E-state index contributed by atoms with van der Waals surface area (Å²) in [4.78, 5) is 31.1. The third kappa shape index (κ3) is 4.30. The van der Waals surface area contributed by atoms with E-state index in [9.17, 15) is 9.59 Å². The fourth-order valence-corrected chi connectivity index (χ4v) is 5.48. The molecule has 0 aliphatic carbocycles. The Labute approximate surface area is 182 Å². The molecule has 1 fully saturated rings. The molecule has 5 nitrogen and oxygen atoms in total. The van der Waals surface area contributed by atoms with E-state index in [-0.39, 0.29) is 30.5 Å². The highest BCUT2D eigenvalue weighted by Gasteiger charge is 2.35. The molecule has 0 N–H and O–H groups in total. The number of ether oxygens (including phenoxy) is 1. The monoisotopic (exact) mass is 426 g/mol. The summed E-state index contributed by atoms with van der Waals surface area (Å²) in [5.74, 6) is 0.0272. The topological polar surface area (TPSA) is 49.9 Å². The van der Waals surface area contributed by atoms with E-state index < -0.39 is 0 Å². The Hall–Kier alpha value is -2.18. The number of rotatable bonds is 6. The Bertz CT molecular complexity index is 903. The van der Waals surface area contributed by atoms with Crippen molar-refractivity contribution in [3.05, 3.63) is 57.3 Å². The van der Waals surface area contributed by atoms with Gasteiger partial charge in [0.2, 0.25) is 11.8 Å². The van der Waals surface area contributed by atoms with E-state index in [0.29, 0.717) is 19.5 Å². The van der Waals surface area contributed by atoms with Crippen molar-refractivity contribution >= 4 is 23.2 Å². The van der Waals surface area contributed by atoms with Crippen molar-refractivity contribution in [2.75, 3.05) is 26.2 Å². The SMILES string of the molecule is CCC(=O)N(CC(=O)N1CCc2sccc2[C@@H]1c1ccccc1C)C[C@@H]1CCCO1. The third-order valence-corrected chi connectivity index (χ3v) is 7.20. The van der Waals surface area contributed by atoms with Crippen molar-refractivity contribution in [1.82, 2.24) is 9.80 Å². The Morgan fingerprint density at radius 3 is 2.80 bits per heavy atom. The first-order chi connectivity index (χ1) is 14.6. The van der Waals surface area contributed by atoms with Gasteiger partial charge < -0.3 is 14.5 Å². The van der Waals surface area contributed by atoms with Gasteiger partial charge in [0.05, 0.1) is 18.7 Å². The summed E-state index contributed by atoms with van der Waals surface area (Å²) in [6, 6.07) is 10.4. The minimum absolute atomic E-state index is 0.0134. The molecule has 2 aliphatic heterocycles. The molecule has 3 heterocycles. The highest BCUT2D eigenvalue weighted by molar-refractivity contribution is 7.10. The van der Waals surface area contributed by atoms with Gasteiger partial charge in [0, 0.05) is 31.0 Å². The molecule has 1 saturated heterocycles. The Morgan fingerprint density at radius 2 is 2.07 bits per heavy atom. The van der Waals surface area contributed by atoms with Crippen LogP contribution in [0.25, 0.3) is 0 Å². The predicted molar refractivity (Wildman–Crippen MR) is 119 cm³/mol. The number of thiophene rings is 1. The molecule has 2 aliphatic rings. The van der Waals surface area contributed by atoms with Crippen molar-refractivity contribution in [3.8, 4) is 0 Å². The largest absolute Gasteiger partial charge is 0.376 e. The second kappa shape index (κ2) is 9.31. The maximum absolute atomic E-state index is 13.5. The molecule has 6 heteroatoms. The summed E-state index contributed by atoms with van der Waals surface area (Å²) in [5, 5.41) is 2.12. The normalized spacial score (nSPS) is 20.8. The lowest BCUT2D eigenvalue weighted by Gasteiger charge is -2.38. The molecule has 30 heavy (non-hydrogen) atoms. The number of carbonyl (C=O) groups excluding carboxylic acids is 2. The lowest BCUT2D eigenvalue weighted by molar-refractivity contribution is -0.142. The van der Waals surface area contributed by atoms with Gasteiger partial charge >= 0.3 is 0 Å². The standard InChI is InChI=1S/C24H30N2O3S/c1-3-22(27)25(15-18-8-6-13-29-18)16-23(28)26-12-10-21-20(11-14-30-21)24(26)19-9-5-4-7-17(19)2/h4-5,7,9,11,14,18,24H,3,6,8,10,12-13,15-16H2,1-2H3/t18-,24-/m0/s1. The molecule has 0 unspecified atom stereocenters. The van der Waals surface area contributed by atoms with Crippen LogP contribution in [0, 0.1) is 6.92 Å². The van der Waals surface area contributed by atoms with E-state index in [1.807, 2.05) is 24.0 Å². The Kier molecular flexibility index (Phi) is 6.54. The third-order valence-electron chi connectivity index (χ3n) is 6.20. The summed E-state index contributed by atoms with van der Waals surface area (Å²) >= 11 is 1.77. The predicted octanol–water partition coefficient (Wildman–Crippen LogP) is 3.95. The average molecular weight is 427 g/mol. The molecule has 1 aromatic carbocycles. The quantitative estimate of drug-likeness (QED) is 0.703. The molecule has 0 radical (unpaired) electrons. The van der Waals surface area contributed by atoms with Gasteiger partial charge in [-0.25, -0.2) is 0 Å². The Balaban J connectivity index is 1.59. The average Bonchev–Trinajstić information content (AvgIpc) is 3.44. The molecule has 4 rings (SSSR count). The molecule has 160 valence electrons. The minimum atomic E-state index is -0.0880. The first kappa shape index (κ1) is 21.1. The number of hydrogen-bond acceptors (Lipinski definition) is 4. The molecule has 2 aromatic rings. The van der Waals surface area contributed by atoms with E-state index in [2.05, 4.69) is 30.5 Å². The molecular weight excluding hydrogens is 396 g/mol. The fraction of sp³-hybridized carbons (Fsp3) is 0.500. The van der Waals surface area contributed by atoms with Gasteiger partial charge in [0.1, 0.15) is 0 Å². The molecule has 0 saturated carbocycles. The van der Waals surface area contributed by atoms with Crippen LogP contribution in [-0.4, -0.2) is 54.0 Å². The molecule has 2 atom stereocenters. The number of nitrogens with zero attached hydrogens (tertiary/aromatic N) is 2. The summed E-state index contributed by atoms with van der Waals surface area (Å²) in [5.41, 5.74) is 3.57. The summed E-state index contributed by atoms with van der Waals surface area (Å²) in [6.07, 6.45) is 3.29. The number of aryl methyl sites for hydroxylation is 1. The summed E-state index contributed by atoms with van der Waals surface area (Å²) in [6.45, 7) is 6.00. The van der Waals surface area contributed by atoms with Crippen LogP contribution in [0.4, 0.5) is 0 Å². The fourth-order valence-electron chi connectivity index (χ4n) is 4.58. The zero-order valence-corrected chi connectivity index (χ0v) is 18.6. The second-order valence-electron chi connectivity index (χ2n) is 8.16. The summed E-state index contributed by atoms with van der Waals surface area (Å²) in [7, 11) is 0. The van der Waals surface area contributed by atoms with Gasteiger partial charge in [-0.05, 0) is 54.3 Å². The number of benzene rings is 1. The smallest absolute Gasteiger partial charge is 0.242 e. The lowest BCUT2D eigenvalue weighted by atomic mass is 9.90. The van der Waals surface area contributed by atoms with Crippen LogP contribution in [0.2, 0.25) is 0 Å². The van der Waals surface area contributed by atoms with Crippen molar-refractivity contribution in [2.24, 2.45) is 0 Å². The van der Waals surface area contributed by atoms with E-state index in [1.165, 1.54) is 16.0 Å². The molecular formula is C24H30N2O3S. The minimum Gasteiger partial charge on any atom is -0.376 e. The highest BCUT2D eigenvalue weighted by atomic mass is 32.1. The van der Waals surface area contributed by atoms with Gasteiger partial charge in [-0.3, -0.25) is 9.59 Å². The van der Waals surface area contributed by atoms with Crippen LogP contribution in [-0.2, 0) is 20.7 Å². The van der Waals surface area contributed by atoms with Gasteiger partial charge in [0.25, 0.3) is 0 Å². The second-order valence-corrected chi connectivity index (χ2v) is 9.16. The lowest BCUT2D eigenvalue weighted by Crippen LogP contribution is -2.48. The van der Waals surface area contributed by atoms with Crippen LogP contribution < -0.4 is 0 Å². The first-order valence-electron chi connectivity index (χ1n) is 10.9. The molecule has 0 bridgehead atoms.